The summed E-state index contributed by atoms with van der Waals surface area (Å²) in [5.74, 6) is -0.784. The van der Waals surface area contributed by atoms with Crippen molar-refractivity contribution in [3.63, 3.8) is 0 Å². The fourth-order valence-electron chi connectivity index (χ4n) is 4.40. The Morgan fingerprint density at radius 3 is 2.41 bits per heavy atom. The molecular weight excluding hydrogens is 592 g/mol. The fraction of sp³-hybridized carbons (Fsp3) is 0.222. The molecule has 2 heterocycles. The molecule has 2 amide bonds. The maximum Gasteiger partial charge on any atom is 0.338 e. The second kappa shape index (κ2) is 10.8. The number of fused-ring (bicyclic) bond motifs is 1. The highest BCUT2D eigenvalue weighted by molar-refractivity contribution is 9.10. The summed E-state index contributed by atoms with van der Waals surface area (Å²) in [6.07, 6.45) is -0.348. The van der Waals surface area contributed by atoms with E-state index in [4.69, 9.17) is 14.2 Å². The summed E-state index contributed by atoms with van der Waals surface area (Å²) >= 11 is 3.30. The van der Waals surface area contributed by atoms with Gasteiger partial charge >= 0.3 is 5.97 Å². The lowest BCUT2D eigenvalue weighted by molar-refractivity contribution is -0.122. The molecule has 0 N–H and O–H groups in total. The van der Waals surface area contributed by atoms with Crippen LogP contribution in [0.3, 0.4) is 0 Å². The normalized spacial score (nSPS) is 16.7. The van der Waals surface area contributed by atoms with Crippen LogP contribution in [0.25, 0.3) is 0 Å². The number of hydrogen-bond donors (Lipinski definition) is 0. The van der Waals surface area contributed by atoms with E-state index in [2.05, 4.69) is 15.9 Å². The minimum absolute atomic E-state index is 0.0241. The van der Waals surface area contributed by atoms with Crippen LogP contribution in [0.5, 0.6) is 11.5 Å². The average Bonchev–Trinajstić information content (AvgIpc) is 3.50. The average molecular weight is 615 g/mol. The highest BCUT2D eigenvalue weighted by Crippen LogP contribution is 2.35. The van der Waals surface area contributed by atoms with Crippen molar-refractivity contribution >= 4 is 49.4 Å². The van der Waals surface area contributed by atoms with Crippen LogP contribution in [0.1, 0.15) is 29.3 Å². The van der Waals surface area contributed by atoms with Crippen LogP contribution in [0.4, 0.5) is 5.69 Å². The summed E-state index contributed by atoms with van der Waals surface area (Å²) in [7, 11) is -4.22. The Morgan fingerprint density at radius 1 is 1.03 bits per heavy atom. The Hall–Kier alpha value is -3.74. The van der Waals surface area contributed by atoms with Crippen molar-refractivity contribution in [1.29, 1.82) is 0 Å². The van der Waals surface area contributed by atoms with Gasteiger partial charge in [-0.3, -0.25) is 9.59 Å². The summed E-state index contributed by atoms with van der Waals surface area (Å²) in [5.41, 5.74) is 1.04. The predicted octanol–water partition coefficient (Wildman–Crippen LogP) is 3.88. The molecule has 0 bridgehead atoms. The van der Waals surface area contributed by atoms with E-state index < -0.39 is 33.8 Å². The monoisotopic (exact) mass is 614 g/mol. The molecule has 0 radical (unpaired) electrons. The van der Waals surface area contributed by atoms with E-state index in [1.807, 2.05) is 0 Å². The predicted molar refractivity (Wildman–Crippen MR) is 143 cm³/mol. The highest BCUT2D eigenvalue weighted by atomic mass is 79.9. The van der Waals surface area contributed by atoms with Crippen molar-refractivity contribution < 1.29 is 37.0 Å². The van der Waals surface area contributed by atoms with Gasteiger partial charge in [-0.1, -0.05) is 22.0 Å². The summed E-state index contributed by atoms with van der Waals surface area (Å²) in [6.45, 7) is 1.76. The van der Waals surface area contributed by atoms with Crippen molar-refractivity contribution in [1.82, 2.24) is 4.31 Å². The molecule has 1 atom stereocenters. The zero-order valence-electron chi connectivity index (χ0n) is 20.7. The van der Waals surface area contributed by atoms with E-state index in [-0.39, 0.29) is 42.5 Å². The van der Waals surface area contributed by atoms with Gasteiger partial charge in [-0.15, -0.1) is 0 Å². The molecule has 10 nitrogen and oxygen atoms in total. The number of benzene rings is 3. The molecule has 5 rings (SSSR count). The van der Waals surface area contributed by atoms with Gasteiger partial charge in [-0.25, -0.2) is 18.1 Å². The van der Waals surface area contributed by atoms with E-state index in [1.54, 1.807) is 37.3 Å². The Balaban J connectivity index is 1.49. The van der Waals surface area contributed by atoms with E-state index in [1.165, 1.54) is 36.4 Å². The van der Waals surface area contributed by atoms with Crippen molar-refractivity contribution in [3.8, 4) is 11.5 Å². The molecule has 1 fully saturated rings. The molecule has 3 aromatic rings. The Bertz CT molecular complexity index is 1540. The van der Waals surface area contributed by atoms with Crippen LogP contribution < -0.4 is 14.4 Å². The first kappa shape index (κ1) is 26.9. The van der Waals surface area contributed by atoms with E-state index in [0.717, 1.165) is 9.21 Å². The maximum absolute atomic E-state index is 13.9. The van der Waals surface area contributed by atoms with Crippen LogP contribution in [0.15, 0.2) is 76.1 Å². The van der Waals surface area contributed by atoms with Crippen LogP contribution in [-0.4, -0.2) is 49.9 Å². The zero-order chi connectivity index (χ0) is 27.7. The highest BCUT2D eigenvalue weighted by Gasteiger charge is 2.47. The topological polar surface area (TPSA) is 120 Å². The van der Waals surface area contributed by atoms with Gasteiger partial charge in [0, 0.05) is 11.0 Å². The molecule has 3 aromatic carbocycles. The van der Waals surface area contributed by atoms with Crippen molar-refractivity contribution in [2.24, 2.45) is 0 Å². The number of esters is 1. The van der Waals surface area contributed by atoms with E-state index in [9.17, 15) is 22.8 Å². The van der Waals surface area contributed by atoms with Crippen LogP contribution in [0.2, 0.25) is 0 Å². The lowest BCUT2D eigenvalue weighted by Gasteiger charge is -2.27. The first-order valence-corrected chi connectivity index (χ1v) is 14.2. The van der Waals surface area contributed by atoms with Crippen LogP contribution in [0, 0.1) is 0 Å². The molecule has 12 heteroatoms. The van der Waals surface area contributed by atoms with Gasteiger partial charge < -0.3 is 14.2 Å². The van der Waals surface area contributed by atoms with Gasteiger partial charge in [0.15, 0.2) is 11.5 Å². The first-order valence-electron chi connectivity index (χ1n) is 12.0. The first-order chi connectivity index (χ1) is 18.7. The molecule has 1 saturated heterocycles. The summed E-state index contributed by atoms with van der Waals surface area (Å²) in [5, 5.41) is 0. The van der Waals surface area contributed by atoms with Crippen molar-refractivity contribution in [3.05, 3.63) is 82.3 Å². The number of ether oxygens (including phenoxy) is 3. The van der Waals surface area contributed by atoms with Gasteiger partial charge in [0.2, 0.25) is 22.7 Å². The molecule has 1 unspecified atom stereocenters. The third kappa shape index (κ3) is 5.27. The zero-order valence-corrected chi connectivity index (χ0v) is 23.1. The Labute approximate surface area is 233 Å². The van der Waals surface area contributed by atoms with Crippen LogP contribution in [-0.2, 0) is 30.9 Å². The second-order valence-electron chi connectivity index (χ2n) is 8.75. The van der Waals surface area contributed by atoms with E-state index >= 15 is 0 Å². The smallest absolute Gasteiger partial charge is 0.338 e. The summed E-state index contributed by atoms with van der Waals surface area (Å²) in [6, 6.07) is 15.6. The summed E-state index contributed by atoms with van der Waals surface area (Å²) < 4.78 is 45.2. The lowest BCUT2D eigenvalue weighted by Crippen LogP contribution is -2.45. The van der Waals surface area contributed by atoms with Gasteiger partial charge in [-0.2, -0.15) is 4.31 Å². The fourth-order valence-corrected chi connectivity index (χ4v) is 6.23. The van der Waals surface area contributed by atoms with Gasteiger partial charge in [0.25, 0.3) is 5.91 Å². The molecule has 0 aliphatic carbocycles. The molecule has 39 heavy (non-hydrogen) atoms. The van der Waals surface area contributed by atoms with Gasteiger partial charge in [-0.05, 0) is 73.2 Å². The standard InChI is InChI=1S/C27H23BrN2O8S/c1-2-36-27(33)18-4-8-20(9-5-18)30-25(31)14-22(26(30)32)29(39(34,35)21-10-6-19(28)7-11-21)15-17-3-12-23-24(13-17)38-16-37-23/h3-13,22H,2,14-16H2,1H3. The Kier molecular flexibility index (Phi) is 7.43. The molecule has 0 saturated carbocycles. The number of hydrogen-bond acceptors (Lipinski definition) is 8. The number of carbonyl (C=O) groups excluding carboxylic acids is 3. The molecule has 2 aliphatic heterocycles. The third-order valence-corrected chi connectivity index (χ3v) is 8.70. The molecule has 0 spiro atoms. The molecular formula is C27H23BrN2O8S. The van der Waals surface area contributed by atoms with Crippen molar-refractivity contribution in [2.45, 2.75) is 30.8 Å². The third-order valence-electron chi connectivity index (χ3n) is 6.30. The Morgan fingerprint density at radius 2 is 1.72 bits per heavy atom. The molecule has 0 aromatic heterocycles. The van der Waals surface area contributed by atoms with Gasteiger partial charge in [0.05, 0.1) is 29.2 Å². The number of nitrogens with zero attached hydrogens (tertiary/aromatic N) is 2. The number of carbonyl (C=O) groups is 3. The number of anilines is 1. The molecule has 202 valence electrons. The second-order valence-corrected chi connectivity index (χ2v) is 11.6. The van der Waals surface area contributed by atoms with Gasteiger partial charge in [0.1, 0.15) is 6.04 Å². The minimum atomic E-state index is -4.22. The minimum Gasteiger partial charge on any atom is -0.462 e. The number of imide groups is 1. The number of rotatable bonds is 8. The largest absolute Gasteiger partial charge is 0.462 e. The number of halogens is 1. The maximum atomic E-state index is 13.9. The van der Waals surface area contributed by atoms with Crippen LogP contribution >= 0.6 is 15.9 Å². The number of sulfonamides is 1. The lowest BCUT2D eigenvalue weighted by atomic mass is 10.1. The SMILES string of the molecule is CCOC(=O)c1ccc(N2C(=O)CC(N(Cc3ccc4c(c3)OCO4)S(=O)(=O)c3ccc(Br)cc3)C2=O)cc1. The summed E-state index contributed by atoms with van der Waals surface area (Å²) in [4.78, 5) is 39.6. The van der Waals surface area contributed by atoms with E-state index in [0.29, 0.717) is 21.5 Å². The number of amides is 2. The van der Waals surface area contributed by atoms with Crippen molar-refractivity contribution in [2.75, 3.05) is 18.3 Å². The molecule has 2 aliphatic rings. The quantitative estimate of drug-likeness (QED) is 0.277.